The van der Waals surface area contributed by atoms with E-state index in [0.717, 1.165) is 128 Å². The molecule has 0 radical (unpaired) electrons. The number of quaternary nitrogens is 1. The maximum absolute atomic E-state index is 12.8. The van der Waals surface area contributed by atoms with Crippen LogP contribution in [0.2, 0.25) is 0 Å². The summed E-state index contributed by atoms with van der Waals surface area (Å²) in [7, 11) is 1.08. The third kappa shape index (κ3) is 58.4. The van der Waals surface area contributed by atoms with Crippen molar-refractivity contribution < 1.29 is 42.1 Å². The molecule has 0 heterocycles. The molecule has 0 aliphatic heterocycles. The molecule has 424 valence electrons. The molecule has 0 aromatic heterocycles. The fourth-order valence-electron chi connectivity index (χ4n) is 6.59. The van der Waals surface area contributed by atoms with Crippen LogP contribution in [-0.4, -0.2) is 70.0 Å². The lowest BCUT2D eigenvalue weighted by atomic mass is 10.1. The summed E-state index contributed by atoms with van der Waals surface area (Å²) < 4.78 is 34.0. The summed E-state index contributed by atoms with van der Waals surface area (Å²) in [6, 6.07) is 0. The number of phosphoric ester groups is 1. The Morgan fingerprint density at radius 1 is 0.408 bits per heavy atom. The molecule has 76 heavy (non-hydrogen) atoms. The first-order valence-corrected chi connectivity index (χ1v) is 30.0. The third-order valence-electron chi connectivity index (χ3n) is 10.9. The molecule has 0 saturated heterocycles. The lowest BCUT2D eigenvalue weighted by molar-refractivity contribution is -0.870. The van der Waals surface area contributed by atoms with Crippen molar-refractivity contribution in [3.05, 3.63) is 182 Å². The maximum atomic E-state index is 12.8. The quantitative estimate of drug-likeness (QED) is 0.0195. The molecular formula is C66H102NO8P. The monoisotopic (exact) mass is 1070 g/mol. The average Bonchev–Trinajstić information content (AvgIpc) is 3.38. The van der Waals surface area contributed by atoms with Gasteiger partial charge in [0.2, 0.25) is 0 Å². The molecule has 9 nitrogen and oxygen atoms in total. The predicted molar refractivity (Wildman–Crippen MR) is 323 cm³/mol. The van der Waals surface area contributed by atoms with Crippen molar-refractivity contribution in [2.45, 2.75) is 174 Å². The largest absolute Gasteiger partial charge is 0.756 e. The van der Waals surface area contributed by atoms with Gasteiger partial charge < -0.3 is 27.9 Å². The minimum absolute atomic E-state index is 0.0569. The number of carbonyl (C=O) groups excluding carboxylic acids is 2. The van der Waals surface area contributed by atoms with Crippen LogP contribution in [0.3, 0.4) is 0 Å². The molecule has 0 saturated carbocycles. The van der Waals surface area contributed by atoms with Crippen LogP contribution in [0.4, 0.5) is 0 Å². The van der Waals surface area contributed by atoms with Crippen molar-refractivity contribution >= 4 is 19.8 Å². The smallest absolute Gasteiger partial charge is 0.306 e. The Hall–Kier alpha value is -4.89. The van der Waals surface area contributed by atoms with E-state index in [0.29, 0.717) is 23.9 Å². The number of hydrogen-bond acceptors (Lipinski definition) is 8. The first kappa shape index (κ1) is 71.1. The number of unbranched alkanes of at least 4 members (excludes halogenated alkanes) is 5. The summed E-state index contributed by atoms with van der Waals surface area (Å²) in [5.74, 6) is -0.943. The van der Waals surface area contributed by atoms with Crippen LogP contribution in [0.25, 0.3) is 0 Å². The molecule has 10 heteroatoms. The number of ether oxygens (including phenoxy) is 2. The van der Waals surface area contributed by atoms with Crippen LogP contribution in [-0.2, 0) is 32.7 Å². The van der Waals surface area contributed by atoms with E-state index in [-0.39, 0.29) is 26.1 Å². The summed E-state index contributed by atoms with van der Waals surface area (Å²) >= 11 is 0. The molecule has 2 unspecified atom stereocenters. The second-order valence-corrected chi connectivity index (χ2v) is 20.6. The fourth-order valence-corrected chi connectivity index (χ4v) is 7.32. The molecule has 0 spiro atoms. The second kappa shape index (κ2) is 54.9. The first-order chi connectivity index (χ1) is 37.0. The highest BCUT2D eigenvalue weighted by atomic mass is 31.2. The van der Waals surface area contributed by atoms with Gasteiger partial charge >= 0.3 is 11.9 Å². The van der Waals surface area contributed by atoms with Crippen LogP contribution < -0.4 is 4.89 Å². The van der Waals surface area contributed by atoms with Crippen molar-refractivity contribution in [2.24, 2.45) is 0 Å². The van der Waals surface area contributed by atoms with Crippen molar-refractivity contribution in [1.29, 1.82) is 0 Å². The lowest BCUT2D eigenvalue weighted by Gasteiger charge is -2.28. The molecule has 0 aromatic rings. The molecule has 0 fully saturated rings. The Balaban J connectivity index is 4.40. The van der Waals surface area contributed by atoms with Gasteiger partial charge in [-0.3, -0.25) is 14.2 Å². The lowest BCUT2D eigenvalue weighted by Crippen LogP contribution is -2.37. The number of nitrogens with zero attached hydrogens (tertiary/aromatic N) is 1. The fraction of sp³-hybridized carbons (Fsp3) is 0.515. The normalized spacial score (nSPS) is 14.7. The molecule has 0 aliphatic carbocycles. The third-order valence-corrected chi connectivity index (χ3v) is 11.9. The molecule has 0 aromatic carbocycles. The highest BCUT2D eigenvalue weighted by molar-refractivity contribution is 7.45. The Morgan fingerprint density at radius 3 is 1.05 bits per heavy atom. The molecule has 0 N–H and O–H groups in total. The van der Waals surface area contributed by atoms with Gasteiger partial charge in [-0.25, -0.2) is 0 Å². The number of carbonyl (C=O) groups is 2. The summed E-state index contributed by atoms with van der Waals surface area (Å²) in [5, 5.41) is 0. The molecule has 0 bridgehead atoms. The van der Waals surface area contributed by atoms with Gasteiger partial charge in [0.15, 0.2) is 6.10 Å². The van der Waals surface area contributed by atoms with Gasteiger partial charge in [0.25, 0.3) is 7.82 Å². The van der Waals surface area contributed by atoms with Gasteiger partial charge in [-0.05, 0) is 135 Å². The standard InChI is InChI=1S/C66H102NO8P/c1-6-8-10-12-14-16-18-20-22-24-26-28-29-30-31-32-33-34-35-36-37-39-41-43-45-47-49-51-53-55-57-59-66(69)75-64(63-74-76(70,71)73-61-60-67(3,4)5)62-72-65(68)58-56-54-52-50-48-46-44-42-40-38-27-25-23-21-19-17-15-13-11-9-7-2/h8-11,14-17,20-23,26-28,30-31,33-34,36-38,41-44,47-50,64H,6-7,12-13,18-19,24-25,29,32,35,39-40,45-46,51-63H2,1-5H3/b10-8-,11-9-,16-14-,17-15-,22-20-,23-21-,28-26-,31-30-,34-33-,37-36-,38-27-,43-41-,44-42-,49-47-,50-48-. The van der Waals surface area contributed by atoms with Gasteiger partial charge in [-0.1, -0.05) is 203 Å². The molecule has 0 aliphatic rings. The zero-order chi connectivity index (χ0) is 55.6. The zero-order valence-electron chi connectivity index (χ0n) is 47.9. The van der Waals surface area contributed by atoms with E-state index >= 15 is 0 Å². The highest BCUT2D eigenvalue weighted by Crippen LogP contribution is 2.38. The van der Waals surface area contributed by atoms with Crippen LogP contribution in [0.1, 0.15) is 168 Å². The summed E-state index contributed by atoms with van der Waals surface area (Å²) in [6.45, 7) is 3.87. The van der Waals surface area contributed by atoms with E-state index in [2.05, 4.69) is 196 Å². The van der Waals surface area contributed by atoms with Gasteiger partial charge in [0.1, 0.15) is 19.8 Å². The van der Waals surface area contributed by atoms with Crippen molar-refractivity contribution in [1.82, 2.24) is 0 Å². The van der Waals surface area contributed by atoms with E-state index in [1.54, 1.807) is 0 Å². The van der Waals surface area contributed by atoms with Crippen molar-refractivity contribution in [3.8, 4) is 0 Å². The Bertz CT molecular complexity index is 1930. The number of phosphoric acid groups is 1. The minimum atomic E-state index is -4.67. The molecule has 0 amide bonds. The van der Waals surface area contributed by atoms with Gasteiger partial charge in [0.05, 0.1) is 27.7 Å². The number of rotatable bonds is 49. The van der Waals surface area contributed by atoms with Crippen LogP contribution in [0.5, 0.6) is 0 Å². The van der Waals surface area contributed by atoms with E-state index in [1.165, 1.54) is 0 Å². The van der Waals surface area contributed by atoms with Crippen LogP contribution in [0, 0.1) is 0 Å². The Kier molecular flexibility index (Phi) is 51.4. The number of likely N-dealkylation sites (N-methyl/N-ethyl adjacent to an activating group) is 1. The van der Waals surface area contributed by atoms with Gasteiger partial charge in [-0.2, -0.15) is 0 Å². The van der Waals surface area contributed by atoms with Crippen molar-refractivity contribution in [2.75, 3.05) is 47.5 Å². The van der Waals surface area contributed by atoms with Gasteiger partial charge in [0, 0.05) is 12.8 Å². The number of esters is 2. The molecule has 0 rings (SSSR count). The summed E-state index contributed by atoms with van der Waals surface area (Å²) in [6.07, 6.45) is 85.1. The van der Waals surface area contributed by atoms with Crippen LogP contribution >= 0.6 is 7.82 Å². The SMILES string of the molecule is CC/C=C\C/C=C\C/C=C\C/C=C\C/C=C\C/C=C\C/C=C\C/C=C\C/C=C\CCCCCC(=O)OC(COC(=O)CCCC/C=C\C/C=C\C/C=C\C/C=C\C/C=C\C/C=C\CC)COP(=O)([O-])OCC[N+](C)(C)C. The average molecular weight is 1070 g/mol. The van der Waals surface area contributed by atoms with E-state index in [4.69, 9.17) is 18.5 Å². The van der Waals surface area contributed by atoms with E-state index in [1.807, 2.05) is 21.1 Å². The maximum Gasteiger partial charge on any atom is 0.306 e. The van der Waals surface area contributed by atoms with Gasteiger partial charge in [-0.15, -0.1) is 0 Å². The highest BCUT2D eigenvalue weighted by Gasteiger charge is 2.21. The molecule has 2 atom stereocenters. The minimum Gasteiger partial charge on any atom is -0.756 e. The zero-order valence-corrected chi connectivity index (χ0v) is 48.8. The summed E-state index contributed by atoms with van der Waals surface area (Å²) in [4.78, 5) is 37.8. The van der Waals surface area contributed by atoms with Crippen LogP contribution in [0.15, 0.2) is 182 Å². The van der Waals surface area contributed by atoms with E-state index < -0.39 is 32.5 Å². The van der Waals surface area contributed by atoms with Crippen molar-refractivity contribution in [3.63, 3.8) is 0 Å². The first-order valence-electron chi connectivity index (χ1n) is 28.5. The number of allylic oxidation sites excluding steroid dienone is 30. The molecular weight excluding hydrogens is 966 g/mol. The topological polar surface area (TPSA) is 111 Å². The second-order valence-electron chi connectivity index (χ2n) is 19.2. The Labute approximate surface area is 463 Å². The Morgan fingerprint density at radius 2 is 0.711 bits per heavy atom. The predicted octanol–water partition coefficient (Wildman–Crippen LogP) is 17.4. The summed E-state index contributed by atoms with van der Waals surface area (Å²) in [5.41, 5.74) is 0. The number of hydrogen-bond donors (Lipinski definition) is 0. The van der Waals surface area contributed by atoms with E-state index in [9.17, 15) is 19.0 Å².